The number of amides is 1. The SMILES string of the molecule is Cc1cn(CCNC[C@]2(O)CCCN(CCC3CCCCC3)C2=O)nn1. The van der Waals surface area contributed by atoms with Crippen LogP contribution in [0.15, 0.2) is 6.20 Å². The van der Waals surface area contributed by atoms with Crippen LogP contribution in [0.3, 0.4) is 0 Å². The molecule has 1 aromatic heterocycles. The molecule has 0 radical (unpaired) electrons. The maximum atomic E-state index is 12.8. The Labute approximate surface area is 156 Å². The van der Waals surface area contributed by atoms with Crippen molar-refractivity contribution in [1.82, 2.24) is 25.2 Å². The van der Waals surface area contributed by atoms with Gasteiger partial charge in [0.2, 0.25) is 0 Å². The summed E-state index contributed by atoms with van der Waals surface area (Å²) >= 11 is 0. The third kappa shape index (κ3) is 5.04. The van der Waals surface area contributed by atoms with E-state index in [4.69, 9.17) is 0 Å². The molecule has 3 rings (SSSR count). The van der Waals surface area contributed by atoms with Crippen LogP contribution in [0.2, 0.25) is 0 Å². The predicted molar refractivity (Wildman–Crippen MR) is 99.6 cm³/mol. The Bertz CT molecular complexity index is 584. The number of piperidine rings is 1. The number of nitrogens with one attached hydrogen (secondary N) is 1. The molecule has 0 unspecified atom stereocenters. The minimum atomic E-state index is -1.26. The second kappa shape index (κ2) is 8.95. The summed E-state index contributed by atoms with van der Waals surface area (Å²) in [5.41, 5.74) is -0.372. The number of carbonyl (C=O) groups is 1. The van der Waals surface area contributed by atoms with Crippen LogP contribution in [0.1, 0.15) is 57.1 Å². The molecule has 1 aromatic rings. The van der Waals surface area contributed by atoms with Crippen molar-refractivity contribution in [3.8, 4) is 0 Å². The fourth-order valence-electron chi connectivity index (χ4n) is 4.25. The highest BCUT2D eigenvalue weighted by Crippen LogP contribution is 2.28. The molecular formula is C19H33N5O2. The molecule has 1 saturated heterocycles. The molecule has 1 saturated carbocycles. The smallest absolute Gasteiger partial charge is 0.255 e. The number of likely N-dealkylation sites (tertiary alicyclic amines) is 1. The van der Waals surface area contributed by atoms with Crippen molar-refractivity contribution in [2.24, 2.45) is 5.92 Å². The van der Waals surface area contributed by atoms with Gasteiger partial charge in [0.15, 0.2) is 5.60 Å². The summed E-state index contributed by atoms with van der Waals surface area (Å²) in [6, 6.07) is 0. The largest absolute Gasteiger partial charge is 0.379 e. The van der Waals surface area contributed by atoms with Gasteiger partial charge in [0.1, 0.15) is 0 Å². The van der Waals surface area contributed by atoms with E-state index in [1.807, 2.05) is 18.0 Å². The van der Waals surface area contributed by atoms with Crippen LogP contribution in [-0.4, -0.2) is 62.7 Å². The van der Waals surface area contributed by atoms with E-state index in [2.05, 4.69) is 15.6 Å². The minimum Gasteiger partial charge on any atom is -0.379 e. The van der Waals surface area contributed by atoms with Gasteiger partial charge in [-0.1, -0.05) is 37.3 Å². The summed E-state index contributed by atoms with van der Waals surface area (Å²) in [5, 5.41) is 22.0. The first kappa shape index (κ1) is 19.3. The highest BCUT2D eigenvalue weighted by molar-refractivity contribution is 5.86. The number of hydrogen-bond acceptors (Lipinski definition) is 5. The molecule has 0 spiro atoms. The summed E-state index contributed by atoms with van der Waals surface area (Å²) in [7, 11) is 0. The summed E-state index contributed by atoms with van der Waals surface area (Å²) in [6.45, 7) is 5.12. The van der Waals surface area contributed by atoms with Crippen LogP contribution in [0.25, 0.3) is 0 Å². The molecule has 7 heteroatoms. The van der Waals surface area contributed by atoms with Crippen molar-refractivity contribution < 1.29 is 9.90 Å². The molecule has 1 atom stereocenters. The molecule has 1 aliphatic heterocycles. The lowest BCUT2D eigenvalue weighted by atomic mass is 9.86. The highest BCUT2D eigenvalue weighted by Gasteiger charge is 2.41. The van der Waals surface area contributed by atoms with E-state index >= 15 is 0 Å². The lowest BCUT2D eigenvalue weighted by Crippen LogP contribution is -2.58. The molecule has 26 heavy (non-hydrogen) atoms. The van der Waals surface area contributed by atoms with Crippen LogP contribution < -0.4 is 5.32 Å². The van der Waals surface area contributed by atoms with E-state index in [9.17, 15) is 9.90 Å². The van der Waals surface area contributed by atoms with Crippen LogP contribution in [0, 0.1) is 12.8 Å². The molecule has 0 aromatic carbocycles. The number of carbonyl (C=O) groups excluding carboxylic acids is 1. The van der Waals surface area contributed by atoms with Gasteiger partial charge < -0.3 is 15.3 Å². The first-order chi connectivity index (χ1) is 12.6. The van der Waals surface area contributed by atoms with E-state index < -0.39 is 5.60 Å². The van der Waals surface area contributed by atoms with Crippen LogP contribution >= 0.6 is 0 Å². The zero-order valence-corrected chi connectivity index (χ0v) is 16.0. The Hall–Kier alpha value is -1.47. The van der Waals surface area contributed by atoms with E-state index in [0.717, 1.165) is 37.5 Å². The molecule has 146 valence electrons. The lowest BCUT2D eigenvalue weighted by Gasteiger charge is -2.39. The number of aliphatic hydroxyl groups is 1. The molecule has 2 N–H and O–H groups in total. The van der Waals surface area contributed by atoms with Crippen molar-refractivity contribution in [3.63, 3.8) is 0 Å². The second-order valence-corrected chi connectivity index (χ2v) is 8.02. The van der Waals surface area contributed by atoms with Crippen molar-refractivity contribution >= 4 is 5.91 Å². The lowest BCUT2D eigenvalue weighted by molar-refractivity contribution is -0.156. The second-order valence-electron chi connectivity index (χ2n) is 8.02. The van der Waals surface area contributed by atoms with Gasteiger partial charge in [0, 0.05) is 32.4 Å². The summed E-state index contributed by atoms with van der Waals surface area (Å²) < 4.78 is 1.77. The average Bonchev–Trinajstić information content (AvgIpc) is 3.06. The van der Waals surface area contributed by atoms with E-state index in [1.165, 1.54) is 32.1 Å². The number of aryl methyl sites for hydroxylation is 1. The number of aromatic nitrogens is 3. The normalized spacial score (nSPS) is 25.0. The quantitative estimate of drug-likeness (QED) is 0.684. The zero-order valence-electron chi connectivity index (χ0n) is 16.0. The van der Waals surface area contributed by atoms with Crippen molar-refractivity contribution in [2.45, 2.75) is 70.4 Å². The average molecular weight is 364 g/mol. The number of rotatable bonds is 8. The zero-order chi connectivity index (χ0) is 18.4. The van der Waals surface area contributed by atoms with Gasteiger partial charge in [-0.05, 0) is 32.1 Å². The van der Waals surface area contributed by atoms with Gasteiger partial charge in [-0.25, -0.2) is 0 Å². The molecule has 2 aliphatic rings. The standard InChI is InChI=1S/C19H33N5O2/c1-16-14-24(22-21-16)13-10-20-15-19(26)9-5-11-23(18(19)25)12-8-17-6-3-2-4-7-17/h14,17,20,26H,2-13,15H2,1H3/t19-/m1/s1. The molecule has 1 aliphatic carbocycles. The predicted octanol–water partition coefficient (Wildman–Crippen LogP) is 1.50. The van der Waals surface area contributed by atoms with Gasteiger partial charge in [0.05, 0.1) is 12.2 Å². The molecule has 1 amide bonds. The maximum Gasteiger partial charge on any atom is 0.255 e. The topological polar surface area (TPSA) is 83.3 Å². The molecule has 2 fully saturated rings. The molecule has 2 heterocycles. The third-order valence-electron chi connectivity index (χ3n) is 5.82. The van der Waals surface area contributed by atoms with Gasteiger partial charge in [-0.3, -0.25) is 9.48 Å². The van der Waals surface area contributed by atoms with E-state index in [1.54, 1.807) is 4.68 Å². The molecule has 7 nitrogen and oxygen atoms in total. The fraction of sp³-hybridized carbons (Fsp3) is 0.842. The fourth-order valence-corrected chi connectivity index (χ4v) is 4.25. The summed E-state index contributed by atoms with van der Waals surface area (Å²) in [5.74, 6) is 0.666. The van der Waals surface area contributed by atoms with Gasteiger partial charge in [0.25, 0.3) is 5.91 Å². The Kier molecular flexibility index (Phi) is 6.64. The van der Waals surface area contributed by atoms with Crippen molar-refractivity contribution in [3.05, 3.63) is 11.9 Å². The summed E-state index contributed by atoms with van der Waals surface area (Å²) in [4.78, 5) is 14.7. The molecular weight excluding hydrogens is 330 g/mol. The highest BCUT2D eigenvalue weighted by atomic mass is 16.3. The van der Waals surface area contributed by atoms with Crippen molar-refractivity contribution in [2.75, 3.05) is 26.2 Å². The minimum absolute atomic E-state index is 0.0938. The number of nitrogens with zero attached hydrogens (tertiary/aromatic N) is 4. The van der Waals surface area contributed by atoms with Gasteiger partial charge in [-0.2, -0.15) is 0 Å². The monoisotopic (exact) mass is 363 g/mol. The van der Waals surface area contributed by atoms with Crippen LogP contribution in [0.5, 0.6) is 0 Å². The van der Waals surface area contributed by atoms with Gasteiger partial charge >= 0.3 is 0 Å². The Morgan fingerprint density at radius 2 is 2.08 bits per heavy atom. The Morgan fingerprint density at radius 1 is 1.27 bits per heavy atom. The van der Waals surface area contributed by atoms with Gasteiger partial charge in [-0.15, -0.1) is 5.10 Å². The first-order valence-electron chi connectivity index (χ1n) is 10.2. The Balaban J connectivity index is 1.42. The van der Waals surface area contributed by atoms with Crippen LogP contribution in [0.4, 0.5) is 0 Å². The first-order valence-corrected chi connectivity index (χ1v) is 10.2. The maximum absolute atomic E-state index is 12.8. The Morgan fingerprint density at radius 3 is 2.81 bits per heavy atom. The van der Waals surface area contributed by atoms with E-state index in [0.29, 0.717) is 26.1 Å². The number of hydrogen-bond donors (Lipinski definition) is 2. The summed E-state index contributed by atoms with van der Waals surface area (Å²) in [6.07, 6.45) is 11.0. The molecule has 0 bridgehead atoms. The van der Waals surface area contributed by atoms with Crippen LogP contribution in [-0.2, 0) is 11.3 Å². The van der Waals surface area contributed by atoms with E-state index in [-0.39, 0.29) is 5.91 Å². The van der Waals surface area contributed by atoms with Crippen molar-refractivity contribution in [1.29, 1.82) is 0 Å². The third-order valence-corrected chi connectivity index (χ3v) is 5.82.